The number of carbonyl (C=O) groups is 1. The summed E-state index contributed by atoms with van der Waals surface area (Å²) >= 11 is 0. The van der Waals surface area contributed by atoms with E-state index in [2.05, 4.69) is 172 Å². The van der Waals surface area contributed by atoms with Crippen LogP contribution in [-0.2, 0) is 27.9 Å². The van der Waals surface area contributed by atoms with Gasteiger partial charge in [-0.15, -0.1) is 0 Å². The van der Waals surface area contributed by atoms with Crippen LogP contribution in [0.1, 0.15) is 142 Å². The Balaban J connectivity index is 4.40. The topological polar surface area (TPSA) is 94.1 Å². The number of esters is 1. The zero-order valence-corrected chi connectivity index (χ0v) is 43.4. The maximum atomic E-state index is 12.7. The average Bonchev–Trinajstić information content (AvgIpc) is 3.29. The monoisotopic (exact) mass is 946 g/mol. The average molecular weight is 946 g/mol. The molecule has 2 atom stereocenters. The molecule has 2 unspecified atom stereocenters. The second kappa shape index (κ2) is 48.6. The smallest absolute Gasteiger partial charge is 0.306 e. The molecule has 0 aromatic carbocycles. The van der Waals surface area contributed by atoms with Gasteiger partial charge in [0.05, 0.1) is 34.4 Å². The third-order valence-electron chi connectivity index (χ3n) is 9.57. The summed E-state index contributed by atoms with van der Waals surface area (Å²) in [7, 11) is 1.26. The van der Waals surface area contributed by atoms with Crippen LogP contribution in [0.2, 0.25) is 0 Å². The molecule has 0 saturated heterocycles. The second-order valence-corrected chi connectivity index (χ2v) is 18.5. The van der Waals surface area contributed by atoms with Crippen LogP contribution >= 0.6 is 7.82 Å². The lowest BCUT2D eigenvalue weighted by Crippen LogP contribution is -2.37. The fourth-order valence-electron chi connectivity index (χ4n) is 5.77. The van der Waals surface area contributed by atoms with E-state index in [0.717, 1.165) is 116 Å². The van der Waals surface area contributed by atoms with Gasteiger partial charge < -0.3 is 27.9 Å². The van der Waals surface area contributed by atoms with Crippen molar-refractivity contribution in [3.63, 3.8) is 0 Å². The molecule has 0 saturated carbocycles. The summed E-state index contributed by atoms with van der Waals surface area (Å²) in [5.41, 5.74) is 0. The van der Waals surface area contributed by atoms with Gasteiger partial charge in [0.25, 0.3) is 7.82 Å². The Hall–Kier alpha value is -3.88. The van der Waals surface area contributed by atoms with Crippen LogP contribution in [0.15, 0.2) is 158 Å². The van der Waals surface area contributed by atoms with Crippen LogP contribution in [0.3, 0.4) is 0 Å². The molecule has 0 heterocycles. The molecule has 0 fully saturated rings. The molecule has 9 heteroatoms. The quantitative estimate of drug-likeness (QED) is 0.0197. The number of unbranched alkanes of at least 4 members (excludes halogenated alkanes) is 4. The number of nitrogens with zero attached hydrogens (tertiary/aromatic N) is 1. The number of allylic oxidation sites excluding steroid dienone is 26. The van der Waals surface area contributed by atoms with Crippen molar-refractivity contribution in [3.05, 3.63) is 158 Å². The highest BCUT2D eigenvalue weighted by Crippen LogP contribution is 2.38. The summed E-state index contributed by atoms with van der Waals surface area (Å²) < 4.78 is 34.6. The molecule has 0 aliphatic heterocycles. The number of carbonyl (C=O) groups excluding carboxylic acids is 1. The van der Waals surface area contributed by atoms with Crippen LogP contribution in [-0.4, -0.2) is 70.7 Å². The van der Waals surface area contributed by atoms with Gasteiger partial charge in [-0.3, -0.25) is 9.36 Å². The third-order valence-corrected chi connectivity index (χ3v) is 10.5. The first-order valence-corrected chi connectivity index (χ1v) is 26.7. The van der Waals surface area contributed by atoms with Gasteiger partial charge >= 0.3 is 5.97 Å². The van der Waals surface area contributed by atoms with Crippen LogP contribution in [0.4, 0.5) is 0 Å². The van der Waals surface area contributed by atoms with Crippen LogP contribution in [0.25, 0.3) is 0 Å². The lowest BCUT2D eigenvalue weighted by atomic mass is 10.2. The fraction of sp³-hybridized carbons (Fsp3) is 0.534. The predicted molar refractivity (Wildman–Crippen MR) is 286 cm³/mol. The molecular formula is C58H92NO7P. The maximum Gasteiger partial charge on any atom is 0.306 e. The molecule has 0 aromatic heterocycles. The number of phosphoric acid groups is 1. The minimum Gasteiger partial charge on any atom is -0.756 e. The van der Waals surface area contributed by atoms with E-state index in [1.165, 1.54) is 0 Å². The highest BCUT2D eigenvalue weighted by Gasteiger charge is 2.20. The van der Waals surface area contributed by atoms with Gasteiger partial charge in [-0.25, -0.2) is 0 Å². The largest absolute Gasteiger partial charge is 0.756 e. The number of hydrogen-bond acceptors (Lipinski definition) is 7. The fourth-order valence-corrected chi connectivity index (χ4v) is 6.50. The van der Waals surface area contributed by atoms with Gasteiger partial charge in [0.1, 0.15) is 19.3 Å². The first kappa shape index (κ1) is 63.1. The Morgan fingerprint density at radius 2 is 0.821 bits per heavy atom. The van der Waals surface area contributed by atoms with Crippen molar-refractivity contribution < 1.29 is 37.3 Å². The lowest BCUT2D eigenvalue weighted by molar-refractivity contribution is -0.870. The van der Waals surface area contributed by atoms with Gasteiger partial charge in [-0.05, 0) is 116 Å². The summed E-state index contributed by atoms with van der Waals surface area (Å²) in [6.45, 7) is 4.96. The Labute approximate surface area is 410 Å². The minimum atomic E-state index is -4.57. The summed E-state index contributed by atoms with van der Waals surface area (Å²) in [6, 6.07) is 0. The zero-order chi connectivity index (χ0) is 49.0. The van der Waals surface area contributed by atoms with E-state index < -0.39 is 19.9 Å². The Kier molecular flexibility index (Phi) is 45.8. The van der Waals surface area contributed by atoms with Gasteiger partial charge in [0.2, 0.25) is 0 Å². The number of likely N-dealkylation sites (N-methyl/N-ethyl adjacent to an activating group) is 1. The molecule has 0 aliphatic carbocycles. The Morgan fingerprint density at radius 1 is 0.463 bits per heavy atom. The maximum absolute atomic E-state index is 12.7. The number of hydrogen-bond donors (Lipinski definition) is 0. The van der Waals surface area contributed by atoms with Gasteiger partial charge in [0.15, 0.2) is 0 Å². The van der Waals surface area contributed by atoms with E-state index >= 15 is 0 Å². The number of ether oxygens (including phenoxy) is 2. The highest BCUT2D eigenvalue weighted by atomic mass is 31.2. The van der Waals surface area contributed by atoms with Crippen molar-refractivity contribution in [1.82, 2.24) is 0 Å². The van der Waals surface area contributed by atoms with E-state index in [4.69, 9.17) is 18.5 Å². The van der Waals surface area contributed by atoms with E-state index in [1.807, 2.05) is 21.1 Å². The standard InChI is InChI=1S/C58H92NO7P/c1-6-8-10-12-14-16-18-20-22-24-26-28-30-31-33-35-37-39-41-43-45-47-49-51-58(60)66-57(56-65-67(61,62)64-54-52-59(3,4)5)55-63-53-50-48-46-44-42-40-38-36-34-32-29-27-25-23-21-19-17-15-13-11-9-7-2/h8-11,14-17,20-23,26-29,31,33-34,36-37,39-40,42-43,45,57H,6-7,12-13,18-19,24-25,30,32,35,38,41,44,46-56H2,1-5H3/b10-8-,11-9-,16-14-,17-15-,22-20-,23-21-,28-26-,29-27-,33-31-,36-34-,39-37-,42-40-,45-43-. The SMILES string of the molecule is CC/C=C\C/C=C\C/C=C\C/C=C\C/C=C\C/C=C\C/C=C\CCCC(=O)OC(COCCCCC/C=C\C/C=C\C/C=C\C/C=C\C/C=C\C/C=C\CC)COP(=O)([O-])OCC[N+](C)(C)C. The summed E-state index contributed by atoms with van der Waals surface area (Å²) in [5, 5.41) is 0. The molecule has 67 heavy (non-hydrogen) atoms. The molecular weight excluding hydrogens is 854 g/mol. The third kappa shape index (κ3) is 52.9. The number of phosphoric ester groups is 1. The Bertz CT molecular complexity index is 1620. The van der Waals surface area contributed by atoms with Crippen LogP contribution < -0.4 is 4.89 Å². The van der Waals surface area contributed by atoms with Crippen molar-refractivity contribution >= 4 is 13.8 Å². The van der Waals surface area contributed by atoms with E-state index in [-0.39, 0.29) is 26.2 Å². The van der Waals surface area contributed by atoms with E-state index in [0.29, 0.717) is 24.1 Å². The summed E-state index contributed by atoms with van der Waals surface area (Å²) in [4.78, 5) is 25.2. The van der Waals surface area contributed by atoms with Gasteiger partial charge in [0, 0.05) is 13.0 Å². The minimum absolute atomic E-state index is 0.00257. The molecule has 0 radical (unpaired) electrons. The number of quaternary nitrogens is 1. The van der Waals surface area contributed by atoms with Crippen molar-refractivity contribution in [2.45, 2.75) is 148 Å². The van der Waals surface area contributed by atoms with Gasteiger partial charge in [-0.1, -0.05) is 178 Å². The van der Waals surface area contributed by atoms with Crippen molar-refractivity contribution in [2.75, 3.05) is 54.1 Å². The first-order valence-electron chi connectivity index (χ1n) is 25.2. The van der Waals surface area contributed by atoms with Crippen LogP contribution in [0, 0.1) is 0 Å². The molecule has 376 valence electrons. The normalized spacial score (nSPS) is 14.9. The highest BCUT2D eigenvalue weighted by molar-refractivity contribution is 7.45. The molecule has 0 N–H and O–H groups in total. The first-order chi connectivity index (χ1) is 32.6. The molecule has 0 spiro atoms. The lowest BCUT2D eigenvalue weighted by Gasteiger charge is -2.28. The predicted octanol–water partition coefficient (Wildman–Crippen LogP) is 15.2. The van der Waals surface area contributed by atoms with Crippen molar-refractivity contribution in [2.24, 2.45) is 0 Å². The van der Waals surface area contributed by atoms with Gasteiger partial charge in [-0.2, -0.15) is 0 Å². The van der Waals surface area contributed by atoms with Crippen molar-refractivity contribution in [1.29, 1.82) is 0 Å². The molecule has 0 aliphatic rings. The zero-order valence-electron chi connectivity index (χ0n) is 42.5. The molecule has 8 nitrogen and oxygen atoms in total. The van der Waals surface area contributed by atoms with Crippen LogP contribution in [0.5, 0.6) is 0 Å². The Morgan fingerprint density at radius 3 is 1.19 bits per heavy atom. The van der Waals surface area contributed by atoms with E-state index in [9.17, 15) is 14.3 Å². The second-order valence-electron chi connectivity index (χ2n) is 17.1. The molecule has 0 rings (SSSR count). The molecule has 0 bridgehead atoms. The summed E-state index contributed by atoms with van der Waals surface area (Å²) in [5.74, 6) is -0.411. The van der Waals surface area contributed by atoms with E-state index in [1.54, 1.807) is 0 Å². The summed E-state index contributed by atoms with van der Waals surface area (Å²) in [6.07, 6.45) is 74.2. The number of rotatable bonds is 44. The molecule has 0 aromatic rings. The molecule has 0 amide bonds. The van der Waals surface area contributed by atoms with Crippen molar-refractivity contribution in [3.8, 4) is 0 Å².